The number of fused-ring (bicyclic) bond motifs is 1. The number of benzene rings is 1. The molecule has 1 atom stereocenters. The molecule has 1 aromatic heterocycles. The van der Waals surface area contributed by atoms with E-state index in [4.69, 9.17) is 19.6 Å². The monoisotopic (exact) mass is 326 g/mol. The summed E-state index contributed by atoms with van der Waals surface area (Å²) in [7, 11) is 1.50. The van der Waals surface area contributed by atoms with Crippen LogP contribution in [-0.2, 0) is 6.61 Å². The van der Waals surface area contributed by atoms with Gasteiger partial charge in [0.2, 0.25) is 17.1 Å². The van der Waals surface area contributed by atoms with Gasteiger partial charge in [-0.2, -0.15) is 5.26 Å². The number of allylic oxidation sites excluding steroid dienone is 1. The molecule has 0 saturated heterocycles. The number of aliphatic hydroxyl groups is 1. The minimum Gasteiger partial charge on any atom is -0.496 e. The fourth-order valence-corrected chi connectivity index (χ4v) is 2.68. The molecular weight excluding hydrogens is 312 g/mol. The van der Waals surface area contributed by atoms with Crippen LogP contribution in [0.4, 0.5) is 0 Å². The molecular formula is C17H14N2O5. The number of nitrogens with two attached hydrogens (primary N) is 1. The topological polar surface area (TPSA) is 119 Å². The summed E-state index contributed by atoms with van der Waals surface area (Å²) in [6, 6.07) is 10.1. The van der Waals surface area contributed by atoms with Crippen LogP contribution in [0.15, 0.2) is 51.0 Å². The molecule has 2 heterocycles. The summed E-state index contributed by atoms with van der Waals surface area (Å²) in [4.78, 5) is 12.2. The zero-order chi connectivity index (χ0) is 17.3. The highest BCUT2D eigenvalue weighted by molar-refractivity contribution is 5.55. The molecule has 0 aliphatic carbocycles. The second-order valence-corrected chi connectivity index (χ2v) is 5.10. The third-order valence-corrected chi connectivity index (χ3v) is 3.74. The predicted octanol–water partition coefficient (Wildman–Crippen LogP) is 1.36. The van der Waals surface area contributed by atoms with Gasteiger partial charge in [-0.25, -0.2) is 0 Å². The molecule has 0 radical (unpaired) electrons. The van der Waals surface area contributed by atoms with E-state index in [0.717, 1.165) is 6.07 Å². The predicted molar refractivity (Wildman–Crippen MR) is 83.2 cm³/mol. The van der Waals surface area contributed by atoms with Gasteiger partial charge in [0, 0.05) is 11.6 Å². The number of para-hydroxylation sites is 1. The summed E-state index contributed by atoms with van der Waals surface area (Å²) < 4.78 is 16.2. The van der Waals surface area contributed by atoms with E-state index in [-0.39, 0.29) is 28.7 Å². The van der Waals surface area contributed by atoms with Gasteiger partial charge >= 0.3 is 0 Å². The van der Waals surface area contributed by atoms with E-state index in [1.54, 1.807) is 24.3 Å². The van der Waals surface area contributed by atoms with Gasteiger partial charge in [0.1, 0.15) is 29.8 Å². The van der Waals surface area contributed by atoms with Crippen molar-refractivity contribution in [2.24, 2.45) is 5.73 Å². The number of nitriles is 1. The largest absolute Gasteiger partial charge is 0.496 e. The summed E-state index contributed by atoms with van der Waals surface area (Å²) >= 11 is 0. The Hall–Kier alpha value is -3.24. The van der Waals surface area contributed by atoms with E-state index >= 15 is 0 Å². The van der Waals surface area contributed by atoms with Crippen molar-refractivity contribution in [3.05, 3.63) is 69.1 Å². The van der Waals surface area contributed by atoms with Crippen LogP contribution in [0.25, 0.3) is 0 Å². The molecule has 24 heavy (non-hydrogen) atoms. The minimum atomic E-state index is -0.769. The molecule has 1 aliphatic heterocycles. The average molecular weight is 326 g/mol. The number of hydrogen-bond donors (Lipinski definition) is 2. The van der Waals surface area contributed by atoms with Gasteiger partial charge in [-0.15, -0.1) is 0 Å². The third-order valence-electron chi connectivity index (χ3n) is 3.74. The quantitative estimate of drug-likeness (QED) is 0.874. The van der Waals surface area contributed by atoms with Crippen molar-refractivity contribution in [1.82, 2.24) is 0 Å². The van der Waals surface area contributed by atoms with Crippen molar-refractivity contribution in [3.8, 4) is 17.6 Å². The molecule has 0 saturated carbocycles. The Balaban J connectivity index is 2.33. The lowest BCUT2D eigenvalue weighted by atomic mass is 9.87. The molecule has 3 N–H and O–H groups in total. The zero-order valence-electron chi connectivity index (χ0n) is 12.8. The minimum absolute atomic E-state index is 0.0695. The highest BCUT2D eigenvalue weighted by atomic mass is 16.5. The van der Waals surface area contributed by atoms with E-state index in [9.17, 15) is 15.2 Å². The number of nitrogens with zero attached hydrogens (tertiary/aromatic N) is 1. The van der Waals surface area contributed by atoms with Gasteiger partial charge in [0.05, 0.1) is 13.0 Å². The van der Waals surface area contributed by atoms with E-state index in [1.807, 2.05) is 6.07 Å². The molecule has 7 nitrogen and oxygen atoms in total. The third kappa shape index (κ3) is 2.39. The Labute approximate surface area is 137 Å². The molecule has 0 amide bonds. The average Bonchev–Trinajstić information content (AvgIpc) is 2.61. The lowest BCUT2D eigenvalue weighted by molar-refractivity contribution is 0.231. The van der Waals surface area contributed by atoms with E-state index in [1.165, 1.54) is 7.11 Å². The maximum absolute atomic E-state index is 12.2. The number of ether oxygens (including phenoxy) is 2. The van der Waals surface area contributed by atoms with E-state index in [0.29, 0.717) is 11.3 Å². The highest BCUT2D eigenvalue weighted by Crippen LogP contribution is 2.43. The van der Waals surface area contributed by atoms with E-state index < -0.39 is 18.0 Å². The van der Waals surface area contributed by atoms with Gasteiger partial charge in [-0.05, 0) is 6.07 Å². The summed E-state index contributed by atoms with van der Waals surface area (Å²) in [6.45, 7) is -0.456. The van der Waals surface area contributed by atoms with Gasteiger partial charge < -0.3 is 24.7 Å². The van der Waals surface area contributed by atoms with Crippen LogP contribution in [0.1, 0.15) is 23.0 Å². The van der Waals surface area contributed by atoms with Crippen molar-refractivity contribution in [3.63, 3.8) is 0 Å². The van der Waals surface area contributed by atoms with Crippen LogP contribution in [0.5, 0.6) is 11.5 Å². The molecule has 122 valence electrons. The summed E-state index contributed by atoms with van der Waals surface area (Å²) in [6.07, 6.45) is 0. The molecule has 0 unspecified atom stereocenters. The van der Waals surface area contributed by atoms with Crippen molar-refractivity contribution in [2.45, 2.75) is 12.5 Å². The zero-order valence-corrected chi connectivity index (χ0v) is 12.8. The molecule has 1 aliphatic rings. The number of methoxy groups -OCH3 is 1. The van der Waals surface area contributed by atoms with Gasteiger partial charge in [0.25, 0.3) is 0 Å². The van der Waals surface area contributed by atoms with Crippen molar-refractivity contribution >= 4 is 0 Å². The first-order valence-corrected chi connectivity index (χ1v) is 7.09. The Morgan fingerprint density at radius 1 is 1.42 bits per heavy atom. The number of aliphatic hydroxyl groups excluding tert-OH is 1. The Bertz CT molecular complexity index is 923. The van der Waals surface area contributed by atoms with Gasteiger partial charge in [-0.3, -0.25) is 4.79 Å². The maximum atomic E-state index is 12.2. The lowest BCUT2D eigenvalue weighted by Crippen LogP contribution is -2.25. The molecule has 0 bridgehead atoms. The van der Waals surface area contributed by atoms with Crippen LogP contribution < -0.4 is 20.6 Å². The summed E-state index contributed by atoms with van der Waals surface area (Å²) in [5, 5.41) is 18.8. The van der Waals surface area contributed by atoms with Crippen LogP contribution in [0.2, 0.25) is 0 Å². The molecule has 2 aromatic rings. The van der Waals surface area contributed by atoms with Crippen LogP contribution >= 0.6 is 0 Å². The summed E-state index contributed by atoms with van der Waals surface area (Å²) in [5.41, 5.74) is 6.04. The first-order chi connectivity index (χ1) is 11.6. The standard InChI is InChI=1S/C17H14N2O5/c1-22-13-5-3-2-4-10(13)14-11(7-18)17(19)24-15-12(21)6-9(8-20)23-16(14)15/h2-6,14,20H,8,19H2,1H3/t14-/m1/s1. The Kier molecular flexibility index (Phi) is 3.98. The molecule has 1 aromatic carbocycles. The SMILES string of the molecule is COc1ccccc1[C@@H]1C(C#N)=C(N)Oc2c1oc(CO)cc2=O. The molecule has 0 spiro atoms. The number of hydrogen-bond acceptors (Lipinski definition) is 7. The fourth-order valence-electron chi connectivity index (χ4n) is 2.68. The van der Waals surface area contributed by atoms with Gasteiger partial charge in [0.15, 0.2) is 5.76 Å². The van der Waals surface area contributed by atoms with Crippen molar-refractivity contribution in [2.75, 3.05) is 7.11 Å². The Morgan fingerprint density at radius 2 is 2.17 bits per heavy atom. The van der Waals surface area contributed by atoms with Crippen molar-refractivity contribution < 1.29 is 19.0 Å². The first-order valence-electron chi connectivity index (χ1n) is 7.09. The van der Waals surface area contributed by atoms with Crippen LogP contribution in [-0.4, -0.2) is 12.2 Å². The molecule has 7 heteroatoms. The molecule has 0 fully saturated rings. The second-order valence-electron chi connectivity index (χ2n) is 5.10. The van der Waals surface area contributed by atoms with Crippen LogP contribution in [0.3, 0.4) is 0 Å². The van der Waals surface area contributed by atoms with Crippen molar-refractivity contribution in [1.29, 1.82) is 5.26 Å². The molecule has 3 rings (SSSR count). The van der Waals surface area contributed by atoms with Gasteiger partial charge in [-0.1, -0.05) is 18.2 Å². The highest BCUT2D eigenvalue weighted by Gasteiger charge is 2.36. The first kappa shape index (κ1) is 15.6. The summed E-state index contributed by atoms with van der Waals surface area (Å²) in [5.74, 6) is -0.339. The maximum Gasteiger partial charge on any atom is 0.228 e. The Morgan fingerprint density at radius 3 is 2.83 bits per heavy atom. The fraction of sp³-hybridized carbons (Fsp3) is 0.176. The second kappa shape index (κ2) is 6.10. The lowest BCUT2D eigenvalue weighted by Gasteiger charge is -2.25. The number of rotatable bonds is 3. The normalized spacial score (nSPS) is 16.1. The smallest absolute Gasteiger partial charge is 0.228 e. The van der Waals surface area contributed by atoms with Crippen LogP contribution in [0, 0.1) is 11.3 Å². The van der Waals surface area contributed by atoms with E-state index in [2.05, 4.69) is 0 Å².